The molecule has 28 heavy (non-hydrogen) atoms. The van der Waals surface area contributed by atoms with Gasteiger partial charge in [0.05, 0.1) is 18.5 Å². The number of sulfonamides is 1. The lowest BCUT2D eigenvalue weighted by atomic mass is 10.1. The van der Waals surface area contributed by atoms with Crippen LogP contribution in [-0.2, 0) is 14.8 Å². The number of hydrogen-bond donors (Lipinski definition) is 2. The average Bonchev–Trinajstić information content (AvgIpc) is 2.68. The SMILES string of the molecule is COc1ccc(NC(C)=O)cc1S(=O)(=O)Nc1ccccc1N1CCCCC1. The lowest BCUT2D eigenvalue weighted by Crippen LogP contribution is -2.30. The molecule has 7 nitrogen and oxygen atoms in total. The number of carbonyl (C=O) groups excluding carboxylic acids is 1. The van der Waals surface area contributed by atoms with Gasteiger partial charge in [-0.25, -0.2) is 8.42 Å². The van der Waals surface area contributed by atoms with Crippen molar-refractivity contribution in [1.29, 1.82) is 0 Å². The quantitative estimate of drug-likeness (QED) is 0.771. The smallest absolute Gasteiger partial charge is 0.265 e. The van der Waals surface area contributed by atoms with Gasteiger partial charge in [0, 0.05) is 25.7 Å². The molecule has 0 aromatic heterocycles. The van der Waals surface area contributed by atoms with Crippen molar-refractivity contribution in [2.24, 2.45) is 0 Å². The van der Waals surface area contributed by atoms with E-state index in [0.29, 0.717) is 11.4 Å². The van der Waals surface area contributed by atoms with Gasteiger partial charge in [-0.15, -0.1) is 0 Å². The largest absolute Gasteiger partial charge is 0.495 e. The van der Waals surface area contributed by atoms with E-state index in [4.69, 9.17) is 4.74 Å². The molecule has 150 valence electrons. The van der Waals surface area contributed by atoms with Gasteiger partial charge in [0.2, 0.25) is 5.91 Å². The molecule has 8 heteroatoms. The van der Waals surface area contributed by atoms with Gasteiger partial charge in [-0.2, -0.15) is 0 Å². The molecule has 0 bridgehead atoms. The molecule has 2 aromatic carbocycles. The Morgan fingerprint density at radius 3 is 2.46 bits per heavy atom. The Morgan fingerprint density at radius 2 is 1.79 bits per heavy atom. The number of para-hydroxylation sites is 2. The van der Waals surface area contributed by atoms with Crippen molar-refractivity contribution in [1.82, 2.24) is 0 Å². The summed E-state index contributed by atoms with van der Waals surface area (Å²) in [5.74, 6) is -0.0750. The van der Waals surface area contributed by atoms with Crippen molar-refractivity contribution in [3.8, 4) is 5.75 Å². The van der Waals surface area contributed by atoms with Crippen molar-refractivity contribution >= 4 is 33.0 Å². The maximum absolute atomic E-state index is 13.1. The molecule has 1 saturated heterocycles. The zero-order chi connectivity index (χ0) is 20.1. The Balaban J connectivity index is 1.95. The number of hydrogen-bond acceptors (Lipinski definition) is 5. The van der Waals surface area contributed by atoms with Crippen molar-refractivity contribution in [2.45, 2.75) is 31.1 Å². The minimum atomic E-state index is -3.93. The standard InChI is InChI=1S/C20H25N3O4S/c1-15(24)21-16-10-11-19(27-2)20(14-16)28(25,26)22-17-8-4-5-9-18(17)23-12-6-3-7-13-23/h4-5,8-11,14,22H,3,6-7,12-13H2,1-2H3,(H,21,24). The van der Waals surface area contributed by atoms with Crippen LogP contribution < -0.4 is 19.7 Å². The molecule has 3 rings (SSSR count). The number of amides is 1. The Kier molecular flexibility index (Phi) is 6.08. The van der Waals surface area contributed by atoms with Gasteiger partial charge in [-0.05, 0) is 49.6 Å². The van der Waals surface area contributed by atoms with E-state index in [1.807, 2.05) is 12.1 Å². The molecule has 1 aliphatic heterocycles. The number of methoxy groups -OCH3 is 1. The van der Waals surface area contributed by atoms with E-state index in [9.17, 15) is 13.2 Å². The molecule has 2 N–H and O–H groups in total. The Labute approximate surface area is 165 Å². The van der Waals surface area contributed by atoms with Crippen molar-refractivity contribution in [3.63, 3.8) is 0 Å². The highest BCUT2D eigenvalue weighted by Crippen LogP contribution is 2.33. The van der Waals surface area contributed by atoms with Crippen molar-refractivity contribution in [3.05, 3.63) is 42.5 Å². The minimum Gasteiger partial charge on any atom is -0.495 e. The van der Waals surface area contributed by atoms with Gasteiger partial charge in [-0.1, -0.05) is 12.1 Å². The number of carbonyl (C=O) groups is 1. The highest BCUT2D eigenvalue weighted by molar-refractivity contribution is 7.92. The molecule has 0 radical (unpaired) electrons. The number of nitrogens with zero attached hydrogens (tertiary/aromatic N) is 1. The molecule has 2 aromatic rings. The lowest BCUT2D eigenvalue weighted by Gasteiger charge is -2.30. The van der Waals surface area contributed by atoms with Crippen molar-refractivity contribution < 1.29 is 17.9 Å². The molecule has 1 aliphatic rings. The normalized spacial score (nSPS) is 14.4. The third-order valence-electron chi connectivity index (χ3n) is 4.62. The zero-order valence-corrected chi connectivity index (χ0v) is 16.9. The molecule has 0 unspecified atom stereocenters. The molecule has 1 heterocycles. The second-order valence-electron chi connectivity index (χ2n) is 6.72. The van der Waals surface area contributed by atoms with Gasteiger partial charge in [-0.3, -0.25) is 9.52 Å². The monoisotopic (exact) mass is 403 g/mol. The summed E-state index contributed by atoms with van der Waals surface area (Å²) in [6.07, 6.45) is 3.37. The fourth-order valence-electron chi connectivity index (χ4n) is 3.34. The van der Waals surface area contributed by atoms with Crippen molar-refractivity contribution in [2.75, 3.05) is 35.1 Å². The second kappa shape index (κ2) is 8.52. The van der Waals surface area contributed by atoms with Crippen LogP contribution in [0.3, 0.4) is 0 Å². The minimum absolute atomic E-state index is 0.0327. The molecular weight excluding hydrogens is 378 g/mol. The summed E-state index contributed by atoms with van der Waals surface area (Å²) in [5, 5.41) is 2.60. The Morgan fingerprint density at radius 1 is 1.07 bits per heavy atom. The van der Waals surface area contributed by atoms with E-state index in [-0.39, 0.29) is 16.6 Å². The first-order valence-electron chi connectivity index (χ1n) is 9.23. The highest BCUT2D eigenvalue weighted by Gasteiger charge is 2.23. The van der Waals surface area contributed by atoms with Crippen LogP contribution in [0.15, 0.2) is 47.4 Å². The van der Waals surface area contributed by atoms with Gasteiger partial charge in [0.25, 0.3) is 10.0 Å². The van der Waals surface area contributed by atoms with Gasteiger partial charge < -0.3 is 15.0 Å². The van der Waals surface area contributed by atoms with Crippen LogP contribution in [0.1, 0.15) is 26.2 Å². The van der Waals surface area contributed by atoms with E-state index in [0.717, 1.165) is 31.6 Å². The van der Waals surface area contributed by atoms with E-state index < -0.39 is 10.0 Å². The van der Waals surface area contributed by atoms with Crippen LogP contribution in [0.5, 0.6) is 5.75 Å². The topological polar surface area (TPSA) is 87.7 Å². The predicted octanol–water partition coefficient (Wildman–Crippen LogP) is 3.44. The van der Waals surface area contributed by atoms with E-state index in [1.54, 1.807) is 18.2 Å². The first-order chi connectivity index (χ1) is 13.4. The fraction of sp³-hybridized carbons (Fsp3) is 0.350. The summed E-state index contributed by atoms with van der Waals surface area (Å²) < 4.78 is 34.2. The first kappa shape index (κ1) is 20.0. The predicted molar refractivity (Wildman–Crippen MR) is 111 cm³/mol. The van der Waals surface area contributed by atoms with Gasteiger partial charge in [0.1, 0.15) is 10.6 Å². The fourth-order valence-corrected chi connectivity index (χ4v) is 4.61. The summed E-state index contributed by atoms with van der Waals surface area (Å²) in [7, 11) is -2.52. The van der Waals surface area contributed by atoms with Crippen LogP contribution in [0, 0.1) is 0 Å². The first-order valence-corrected chi connectivity index (χ1v) is 10.7. The number of anilines is 3. The molecule has 1 amide bonds. The number of nitrogens with one attached hydrogen (secondary N) is 2. The Bertz CT molecular complexity index is 954. The molecule has 0 atom stereocenters. The number of rotatable bonds is 6. The summed E-state index contributed by atoms with van der Waals surface area (Å²) in [6, 6.07) is 11.9. The summed E-state index contributed by atoms with van der Waals surface area (Å²) >= 11 is 0. The number of benzene rings is 2. The van der Waals surface area contributed by atoms with Crippen LogP contribution in [0.2, 0.25) is 0 Å². The molecule has 0 spiro atoms. The molecule has 0 saturated carbocycles. The highest BCUT2D eigenvalue weighted by atomic mass is 32.2. The van der Waals surface area contributed by atoms with E-state index in [2.05, 4.69) is 14.9 Å². The third-order valence-corrected chi connectivity index (χ3v) is 6.01. The number of piperidine rings is 1. The van der Waals surface area contributed by atoms with Crippen LogP contribution in [-0.4, -0.2) is 34.5 Å². The average molecular weight is 404 g/mol. The van der Waals surface area contributed by atoms with E-state index >= 15 is 0 Å². The molecular formula is C20H25N3O4S. The van der Waals surface area contributed by atoms with Gasteiger partial charge in [0.15, 0.2) is 0 Å². The maximum atomic E-state index is 13.1. The summed E-state index contributed by atoms with van der Waals surface area (Å²) in [4.78, 5) is 13.5. The molecule has 0 aliphatic carbocycles. The Hall–Kier alpha value is -2.74. The lowest BCUT2D eigenvalue weighted by molar-refractivity contribution is -0.114. The van der Waals surface area contributed by atoms with Gasteiger partial charge >= 0.3 is 0 Å². The zero-order valence-electron chi connectivity index (χ0n) is 16.1. The number of ether oxygens (including phenoxy) is 1. The summed E-state index contributed by atoms with van der Waals surface area (Å²) in [5.41, 5.74) is 1.78. The van der Waals surface area contributed by atoms with Crippen LogP contribution >= 0.6 is 0 Å². The van der Waals surface area contributed by atoms with E-state index in [1.165, 1.54) is 32.6 Å². The summed E-state index contributed by atoms with van der Waals surface area (Å²) in [6.45, 7) is 3.17. The second-order valence-corrected chi connectivity index (χ2v) is 8.37. The van der Waals surface area contributed by atoms with Crippen LogP contribution in [0.4, 0.5) is 17.1 Å². The molecule has 1 fully saturated rings. The third kappa shape index (κ3) is 4.56. The maximum Gasteiger partial charge on any atom is 0.265 e. The van der Waals surface area contributed by atoms with Crippen LogP contribution in [0.25, 0.3) is 0 Å².